The van der Waals surface area contributed by atoms with Gasteiger partial charge in [-0.25, -0.2) is 4.98 Å². The van der Waals surface area contributed by atoms with Crippen molar-refractivity contribution in [3.8, 4) is 0 Å². The molecule has 0 aliphatic carbocycles. The van der Waals surface area contributed by atoms with Gasteiger partial charge in [0.15, 0.2) is 5.13 Å². The normalized spacial score (nSPS) is 14.9. The molecule has 2 N–H and O–H groups in total. The minimum Gasteiger partial charge on any atom is -0.467 e. The Kier molecular flexibility index (Phi) is 5.57. The molecule has 8 heteroatoms. The number of carbonyl (C=O) groups is 2. The van der Waals surface area contributed by atoms with Gasteiger partial charge < -0.3 is 20.0 Å². The molecular formula is C20H22N4O3S. The Bertz CT molecular complexity index is 912. The van der Waals surface area contributed by atoms with Crippen molar-refractivity contribution in [1.82, 2.24) is 15.6 Å². The largest absolute Gasteiger partial charge is 0.467 e. The monoisotopic (exact) mass is 398 g/mol. The third-order valence-corrected chi connectivity index (χ3v) is 6.03. The first-order valence-corrected chi connectivity index (χ1v) is 10.2. The number of aromatic nitrogens is 1. The molecule has 1 aromatic carbocycles. The van der Waals surface area contributed by atoms with E-state index in [0.717, 1.165) is 36.6 Å². The lowest BCUT2D eigenvalue weighted by Gasteiger charge is -2.31. The molecule has 1 aliphatic rings. The van der Waals surface area contributed by atoms with E-state index in [1.807, 2.05) is 18.2 Å². The van der Waals surface area contributed by atoms with E-state index in [9.17, 15) is 9.59 Å². The first kappa shape index (κ1) is 18.5. The van der Waals surface area contributed by atoms with Crippen molar-refractivity contribution in [2.24, 2.45) is 5.92 Å². The summed E-state index contributed by atoms with van der Waals surface area (Å²) in [6.07, 6.45) is 3.46. The SMILES string of the molecule is O=C(NCc1ccco1)C(=O)NCC1CCN(c2nc3ccccc3s2)CC1. The van der Waals surface area contributed by atoms with Crippen LogP contribution in [0.1, 0.15) is 18.6 Å². The summed E-state index contributed by atoms with van der Waals surface area (Å²) in [4.78, 5) is 30.8. The van der Waals surface area contributed by atoms with Gasteiger partial charge in [-0.15, -0.1) is 0 Å². The Balaban J connectivity index is 1.21. The molecule has 0 atom stereocenters. The van der Waals surface area contributed by atoms with Crippen LogP contribution in [0, 0.1) is 5.92 Å². The summed E-state index contributed by atoms with van der Waals surface area (Å²) in [6, 6.07) is 11.7. The fourth-order valence-electron chi connectivity index (χ4n) is 3.30. The molecule has 0 radical (unpaired) electrons. The van der Waals surface area contributed by atoms with Crippen LogP contribution < -0.4 is 15.5 Å². The minimum atomic E-state index is -0.636. The van der Waals surface area contributed by atoms with Crippen molar-refractivity contribution in [2.45, 2.75) is 19.4 Å². The first-order valence-electron chi connectivity index (χ1n) is 9.38. The predicted octanol–water partition coefficient (Wildman–Crippen LogP) is 2.54. The number of piperidine rings is 1. The molecule has 2 aromatic heterocycles. The first-order chi connectivity index (χ1) is 13.7. The highest BCUT2D eigenvalue weighted by Gasteiger charge is 2.23. The summed E-state index contributed by atoms with van der Waals surface area (Å²) in [5.41, 5.74) is 1.04. The highest BCUT2D eigenvalue weighted by Crippen LogP contribution is 2.31. The number of thiazole rings is 1. The average Bonchev–Trinajstić information content (AvgIpc) is 3.40. The molecule has 146 valence electrons. The number of anilines is 1. The number of hydrogen-bond acceptors (Lipinski definition) is 6. The highest BCUT2D eigenvalue weighted by atomic mass is 32.1. The van der Waals surface area contributed by atoms with Crippen molar-refractivity contribution in [2.75, 3.05) is 24.5 Å². The van der Waals surface area contributed by atoms with Gasteiger partial charge in [-0.3, -0.25) is 9.59 Å². The molecule has 7 nitrogen and oxygen atoms in total. The third-order valence-electron chi connectivity index (χ3n) is 4.93. The number of para-hydroxylation sites is 1. The molecule has 0 saturated carbocycles. The quantitative estimate of drug-likeness (QED) is 0.645. The zero-order chi connectivity index (χ0) is 19.3. The zero-order valence-corrected chi connectivity index (χ0v) is 16.2. The number of rotatable bonds is 5. The predicted molar refractivity (Wildman–Crippen MR) is 108 cm³/mol. The molecule has 1 saturated heterocycles. The van der Waals surface area contributed by atoms with Gasteiger partial charge >= 0.3 is 11.8 Å². The van der Waals surface area contributed by atoms with Crippen LogP contribution in [0.5, 0.6) is 0 Å². The van der Waals surface area contributed by atoms with Crippen molar-refractivity contribution in [1.29, 1.82) is 0 Å². The van der Waals surface area contributed by atoms with E-state index >= 15 is 0 Å². The molecule has 4 rings (SSSR count). The number of carbonyl (C=O) groups excluding carboxylic acids is 2. The van der Waals surface area contributed by atoms with Crippen LogP contribution in [-0.2, 0) is 16.1 Å². The van der Waals surface area contributed by atoms with Gasteiger partial charge in [0, 0.05) is 19.6 Å². The van der Waals surface area contributed by atoms with Gasteiger partial charge in [-0.2, -0.15) is 0 Å². The van der Waals surface area contributed by atoms with Crippen LogP contribution >= 0.6 is 11.3 Å². The summed E-state index contributed by atoms with van der Waals surface area (Å²) >= 11 is 1.72. The van der Waals surface area contributed by atoms with Crippen LogP contribution in [0.4, 0.5) is 5.13 Å². The molecule has 2 amide bonds. The van der Waals surface area contributed by atoms with Gasteiger partial charge in [0.25, 0.3) is 0 Å². The van der Waals surface area contributed by atoms with E-state index in [2.05, 4.69) is 21.6 Å². The molecule has 28 heavy (non-hydrogen) atoms. The molecule has 1 aliphatic heterocycles. The summed E-state index contributed by atoms with van der Waals surface area (Å²) in [6.45, 7) is 2.54. The van der Waals surface area contributed by atoms with E-state index < -0.39 is 11.8 Å². The van der Waals surface area contributed by atoms with Crippen LogP contribution in [0.2, 0.25) is 0 Å². The van der Waals surface area contributed by atoms with Crippen molar-refractivity contribution in [3.05, 3.63) is 48.4 Å². The number of hydrogen-bond donors (Lipinski definition) is 2. The van der Waals surface area contributed by atoms with Crippen molar-refractivity contribution in [3.63, 3.8) is 0 Å². The number of fused-ring (bicyclic) bond motifs is 1. The number of amides is 2. The molecular weight excluding hydrogens is 376 g/mol. The van der Waals surface area contributed by atoms with Crippen LogP contribution in [0.3, 0.4) is 0 Å². The van der Waals surface area contributed by atoms with E-state index in [1.165, 1.54) is 11.0 Å². The molecule has 0 spiro atoms. The van der Waals surface area contributed by atoms with E-state index in [4.69, 9.17) is 9.40 Å². The van der Waals surface area contributed by atoms with E-state index in [1.54, 1.807) is 23.5 Å². The third kappa shape index (κ3) is 4.33. The zero-order valence-electron chi connectivity index (χ0n) is 15.4. The van der Waals surface area contributed by atoms with Crippen molar-refractivity contribution >= 4 is 38.5 Å². The summed E-state index contributed by atoms with van der Waals surface area (Å²) < 4.78 is 6.33. The number of benzene rings is 1. The topological polar surface area (TPSA) is 87.5 Å². The van der Waals surface area contributed by atoms with Gasteiger partial charge in [-0.1, -0.05) is 23.5 Å². The molecule has 0 bridgehead atoms. The Labute approximate surface area is 166 Å². The lowest BCUT2D eigenvalue weighted by molar-refractivity contribution is -0.139. The van der Waals surface area contributed by atoms with E-state index in [-0.39, 0.29) is 6.54 Å². The van der Waals surface area contributed by atoms with Gasteiger partial charge in [-0.05, 0) is 43.0 Å². The Morgan fingerprint density at radius 1 is 1.11 bits per heavy atom. The molecule has 0 unspecified atom stereocenters. The second-order valence-corrected chi connectivity index (χ2v) is 7.88. The highest BCUT2D eigenvalue weighted by molar-refractivity contribution is 7.22. The van der Waals surface area contributed by atoms with Gasteiger partial charge in [0.05, 0.1) is 23.0 Å². The maximum Gasteiger partial charge on any atom is 0.309 e. The van der Waals surface area contributed by atoms with E-state index in [0.29, 0.717) is 18.2 Å². The minimum absolute atomic E-state index is 0.208. The Hall–Kier alpha value is -2.87. The standard InChI is InChI=1S/C20H22N4O3S/c25-18(19(26)22-13-15-4-3-11-27-15)21-12-14-7-9-24(10-8-14)20-23-16-5-1-2-6-17(16)28-20/h1-6,11,14H,7-10,12-13H2,(H,21,25)(H,22,26). The van der Waals surface area contributed by atoms with Crippen molar-refractivity contribution < 1.29 is 14.0 Å². The summed E-state index contributed by atoms with van der Waals surface area (Å²) in [5, 5.41) is 6.36. The molecule has 1 fully saturated rings. The Morgan fingerprint density at radius 3 is 2.64 bits per heavy atom. The second kappa shape index (κ2) is 8.43. The number of nitrogens with one attached hydrogen (secondary N) is 2. The fraction of sp³-hybridized carbons (Fsp3) is 0.350. The molecule has 3 heterocycles. The van der Waals surface area contributed by atoms with Gasteiger partial charge in [0.2, 0.25) is 0 Å². The maximum absolute atomic E-state index is 12.0. The maximum atomic E-state index is 12.0. The van der Waals surface area contributed by atoms with Crippen LogP contribution in [-0.4, -0.2) is 36.4 Å². The lowest BCUT2D eigenvalue weighted by Crippen LogP contribution is -2.43. The smallest absolute Gasteiger partial charge is 0.309 e. The number of furan rings is 1. The van der Waals surface area contributed by atoms with Gasteiger partial charge in [0.1, 0.15) is 5.76 Å². The fourth-order valence-corrected chi connectivity index (χ4v) is 4.32. The lowest BCUT2D eigenvalue weighted by atomic mass is 9.97. The van der Waals surface area contributed by atoms with Crippen LogP contribution in [0.25, 0.3) is 10.2 Å². The van der Waals surface area contributed by atoms with Crippen LogP contribution in [0.15, 0.2) is 47.1 Å². The Morgan fingerprint density at radius 2 is 1.89 bits per heavy atom. The average molecular weight is 398 g/mol. The summed E-state index contributed by atoms with van der Waals surface area (Å²) in [7, 11) is 0. The second-order valence-electron chi connectivity index (χ2n) is 6.87. The summed E-state index contributed by atoms with van der Waals surface area (Å²) in [5.74, 6) is -0.251. The number of nitrogens with zero attached hydrogens (tertiary/aromatic N) is 2. The molecule has 3 aromatic rings.